The van der Waals surface area contributed by atoms with Crippen LogP contribution < -0.4 is 14.8 Å². The highest BCUT2D eigenvalue weighted by atomic mass is 35.5. The number of aromatic nitrogens is 3. The molecule has 1 N–H and O–H groups in total. The van der Waals surface area contributed by atoms with Crippen LogP contribution in [0.3, 0.4) is 0 Å². The van der Waals surface area contributed by atoms with Crippen molar-refractivity contribution in [3.8, 4) is 0 Å². The Labute approximate surface area is 160 Å². The largest absolute Gasteiger partial charge is 0.339 e. The Balaban J connectivity index is 1.43. The number of hydrogen-bond donors (Lipinski definition) is 0. The van der Waals surface area contributed by atoms with Gasteiger partial charge in [-0.25, -0.2) is 4.98 Å². The summed E-state index contributed by atoms with van der Waals surface area (Å²) >= 11 is 7.23. The Morgan fingerprint density at radius 2 is 1.88 bits per heavy atom. The summed E-state index contributed by atoms with van der Waals surface area (Å²) in [6.07, 6.45) is 1.93. The molecule has 3 heterocycles. The summed E-state index contributed by atoms with van der Waals surface area (Å²) in [5.41, 5.74) is 0.506. The molecular formula is C18H17ClN5OS+. The van der Waals surface area contributed by atoms with Crippen molar-refractivity contribution in [3.05, 3.63) is 65.1 Å². The summed E-state index contributed by atoms with van der Waals surface area (Å²) in [4.78, 5) is 24.7. The molecule has 3 aromatic rings. The second-order valence-electron chi connectivity index (χ2n) is 5.96. The highest BCUT2D eigenvalue weighted by Crippen LogP contribution is 2.22. The molecule has 8 heteroatoms. The van der Waals surface area contributed by atoms with Gasteiger partial charge in [0, 0.05) is 28.2 Å². The quantitative estimate of drug-likeness (QED) is 0.645. The van der Waals surface area contributed by atoms with E-state index in [9.17, 15) is 4.79 Å². The SMILES string of the molecule is O=C(c1cccc(Cl)c1)c1nsc(N2CCN(c3cccc[nH+]3)CC2)n1. The first kappa shape index (κ1) is 16.9. The first-order valence-electron chi connectivity index (χ1n) is 8.31. The number of H-pyrrole nitrogens is 1. The lowest BCUT2D eigenvalue weighted by atomic mass is 10.1. The molecule has 1 aromatic carbocycles. The number of aromatic amines is 1. The first-order valence-corrected chi connectivity index (χ1v) is 9.46. The fraction of sp³-hybridized carbons (Fsp3) is 0.222. The van der Waals surface area contributed by atoms with Crippen molar-refractivity contribution in [1.82, 2.24) is 9.36 Å². The van der Waals surface area contributed by atoms with E-state index in [4.69, 9.17) is 11.6 Å². The van der Waals surface area contributed by atoms with E-state index in [1.165, 1.54) is 11.5 Å². The highest BCUT2D eigenvalue weighted by Gasteiger charge is 2.26. The zero-order valence-electron chi connectivity index (χ0n) is 13.9. The number of nitrogens with one attached hydrogen (secondary N) is 1. The van der Waals surface area contributed by atoms with Gasteiger partial charge in [-0.05, 0) is 18.2 Å². The Hall–Kier alpha value is -2.51. The monoisotopic (exact) mass is 386 g/mol. The van der Waals surface area contributed by atoms with Crippen LogP contribution in [0.2, 0.25) is 5.02 Å². The van der Waals surface area contributed by atoms with E-state index in [0.29, 0.717) is 10.6 Å². The molecule has 26 heavy (non-hydrogen) atoms. The van der Waals surface area contributed by atoms with Crippen molar-refractivity contribution < 1.29 is 9.78 Å². The molecule has 0 radical (unpaired) electrons. The van der Waals surface area contributed by atoms with Gasteiger partial charge in [0.05, 0.1) is 19.3 Å². The molecule has 0 amide bonds. The summed E-state index contributed by atoms with van der Waals surface area (Å²) in [7, 11) is 0. The predicted molar refractivity (Wildman–Crippen MR) is 102 cm³/mol. The third-order valence-electron chi connectivity index (χ3n) is 4.29. The lowest BCUT2D eigenvalue weighted by molar-refractivity contribution is -0.364. The molecule has 0 aliphatic carbocycles. The number of nitrogens with zero attached hydrogens (tertiary/aromatic N) is 4. The normalized spacial score (nSPS) is 14.5. The smallest absolute Gasteiger partial charge is 0.274 e. The third kappa shape index (κ3) is 3.54. The highest BCUT2D eigenvalue weighted by molar-refractivity contribution is 7.09. The Morgan fingerprint density at radius 1 is 1.08 bits per heavy atom. The number of rotatable bonds is 4. The number of hydrogen-bond acceptors (Lipinski definition) is 6. The number of anilines is 2. The summed E-state index contributed by atoms with van der Waals surface area (Å²) in [5.74, 6) is 1.14. The number of carbonyl (C=O) groups is 1. The summed E-state index contributed by atoms with van der Waals surface area (Å²) in [5, 5.41) is 1.31. The molecule has 0 spiro atoms. The molecule has 1 aliphatic heterocycles. The average Bonchev–Trinajstić information content (AvgIpc) is 3.18. The van der Waals surface area contributed by atoms with E-state index in [1.807, 2.05) is 18.3 Å². The molecule has 1 saturated heterocycles. The van der Waals surface area contributed by atoms with Crippen molar-refractivity contribution in [2.75, 3.05) is 36.0 Å². The van der Waals surface area contributed by atoms with Crippen molar-refractivity contribution >= 4 is 39.9 Å². The van der Waals surface area contributed by atoms with Gasteiger partial charge in [0.25, 0.3) is 5.82 Å². The predicted octanol–water partition coefficient (Wildman–Crippen LogP) is 2.56. The summed E-state index contributed by atoms with van der Waals surface area (Å²) in [6.45, 7) is 3.45. The van der Waals surface area contributed by atoms with Gasteiger partial charge >= 0.3 is 0 Å². The van der Waals surface area contributed by atoms with Crippen molar-refractivity contribution in [1.29, 1.82) is 0 Å². The minimum absolute atomic E-state index is 0.201. The maximum atomic E-state index is 12.5. The molecule has 132 valence electrons. The summed E-state index contributed by atoms with van der Waals surface area (Å²) < 4.78 is 4.25. The van der Waals surface area contributed by atoms with E-state index in [2.05, 4.69) is 30.2 Å². The van der Waals surface area contributed by atoms with Crippen LogP contribution in [0.5, 0.6) is 0 Å². The van der Waals surface area contributed by atoms with E-state index in [1.54, 1.807) is 24.3 Å². The maximum Gasteiger partial charge on any atom is 0.274 e. The minimum atomic E-state index is -0.201. The van der Waals surface area contributed by atoms with E-state index < -0.39 is 0 Å². The molecule has 4 rings (SSSR count). The van der Waals surface area contributed by atoms with Crippen molar-refractivity contribution in [2.24, 2.45) is 0 Å². The topological polar surface area (TPSA) is 63.5 Å². The fourth-order valence-electron chi connectivity index (χ4n) is 2.91. The number of ketones is 1. The van der Waals surface area contributed by atoms with Crippen LogP contribution in [0.15, 0.2) is 48.7 Å². The molecule has 0 saturated carbocycles. The van der Waals surface area contributed by atoms with Crippen LogP contribution in [0.25, 0.3) is 0 Å². The van der Waals surface area contributed by atoms with E-state index in [-0.39, 0.29) is 11.6 Å². The molecule has 1 aliphatic rings. The molecule has 6 nitrogen and oxygen atoms in total. The van der Waals surface area contributed by atoms with Crippen LogP contribution >= 0.6 is 23.1 Å². The van der Waals surface area contributed by atoms with Crippen molar-refractivity contribution in [2.45, 2.75) is 0 Å². The van der Waals surface area contributed by atoms with Crippen LogP contribution in [-0.4, -0.2) is 41.3 Å². The second-order valence-corrected chi connectivity index (χ2v) is 7.13. The zero-order chi connectivity index (χ0) is 17.9. The van der Waals surface area contributed by atoms with Gasteiger partial charge < -0.3 is 4.90 Å². The summed E-state index contributed by atoms with van der Waals surface area (Å²) in [6, 6.07) is 12.9. The van der Waals surface area contributed by atoms with Gasteiger partial charge in [0.2, 0.25) is 16.7 Å². The van der Waals surface area contributed by atoms with E-state index >= 15 is 0 Å². The molecule has 0 bridgehead atoms. The molecular weight excluding hydrogens is 370 g/mol. The molecule has 1 fully saturated rings. The number of benzene rings is 1. The van der Waals surface area contributed by atoms with E-state index in [0.717, 1.165) is 37.1 Å². The average molecular weight is 387 g/mol. The number of pyridine rings is 1. The van der Waals surface area contributed by atoms with Crippen LogP contribution in [-0.2, 0) is 0 Å². The van der Waals surface area contributed by atoms with Gasteiger partial charge in [-0.1, -0.05) is 29.8 Å². The number of carbonyl (C=O) groups excluding carboxylic acids is 1. The van der Waals surface area contributed by atoms with Gasteiger partial charge in [-0.3, -0.25) is 9.69 Å². The van der Waals surface area contributed by atoms with Gasteiger partial charge in [-0.2, -0.15) is 9.36 Å². The molecule has 0 atom stereocenters. The van der Waals surface area contributed by atoms with Gasteiger partial charge in [0.15, 0.2) is 0 Å². The molecule has 0 unspecified atom stereocenters. The second kappa shape index (κ2) is 7.39. The Bertz CT molecular complexity index is 909. The Kier molecular flexibility index (Phi) is 4.81. The van der Waals surface area contributed by atoms with Crippen LogP contribution in [0.1, 0.15) is 16.2 Å². The lowest BCUT2D eigenvalue weighted by Crippen LogP contribution is -2.48. The standard InChI is InChI=1S/C18H16ClN5OS/c19-14-5-3-4-13(12-14)16(25)17-21-18(26-22-17)24-10-8-23(9-11-24)15-6-1-2-7-20-15/h1-7,12H,8-11H2/p+1. The maximum absolute atomic E-state index is 12.5. The van der Waals surface area contributed by atoms with Gasteiger partial charge in [0.1, 0.15) is 13.1 Å². The zero-order valence-corrected chi connectivity index (χ0v) is 15.5. The van der Waals surface area contributed by atoms with Crippen molar-refractivity contribution in [3.63, 3.8) is 0 Å². The number of piperazine rings is 1. The molecule has 2 aromatic heterocycles. The Morgan fingerprint density at radius 3 is 2.62 bits per heavy atom. The minimum Gasteiger partial charge on any atom is -0.339 e. The van der Waals surface area contributed by atoms with Crippen LogP contribution in [0.4, 0.5) is 10.9 Å². The fourth-order valence-corrected chi connectivity index (χ4v) is 3.82. The first-order chi connectivity index (χ1) is 12.7. The number of halogens is 1. The van der Waals surface area contributed by atoms with Gasteiger partial charge in [-0.15, -0.1) is 0 Å². The lowest BCUT2D eigenvalue weighted by Gasteiger charge is -2.30. The third-order valence-corrected chi connectivity index (χ3v) is 5.30. The van der Waals surface area contributed by atoms with Crippen LogP contribution in [0, 0.1) is 0 Å².